The van der Waals surface area contributed by atoms with Gasteiger partial charge < -0.3 is 70.4 Å². The summed E-state index contributed by atoms with van der Waals surface area (Å²) in [5, 5.41) is 36.0. The predicted octanol–water partition coefficient (Wildman–Crippen LogP) is 4.84. The number of aryl methyl sites for hydroxylation is 1. The van der Waals surface area contributed by atoms with Gasteiger partial charge in [0.15, 0.2) is 5.78 Å². The third kappa shape index (κ3) is 28.1. The number of carboxylic acids is 2. The molecule has 0 saturated carbocycles. The van der Waals surface area contributed by atoms with Crippen molar-refractivity contribution in [1.29, 1.82) is 0 Å². The number of rotatable bonds is 46. The topological polar surface area (TPSA) is 383 Å². The van der Waals surface area contributed by atoms with Crippen LogP contribution >= 0.6 is 23.5 Å². The largest absolute Gasteiger partial charge is 0.481 e. The zero-order valence-electron chi connectivity index (χ0n) is 50.7. The number of halogens is 1. The van der Waals surface area contributed by atoms with Crippen molar-refractivity contribution in [3.8, 4) is 0 Å². The van der Waals surface area contributed by atoms with Crippen LogP contribution in [0.2, 0.25) is 0 Å². The van der Waals surface area contributed by atoms with E-state index in [1.54, 1.807) is 26.0 Å². The number of carbonyl (C=O) groups is 9. The summed E-state index contributed by atoms with van der Waals surface area (Å²) >= 11 is 3.31. The van der Waals surface area contributed by atoms with Crippen LogP contribution in [-0.4, -0.2) is 183 Å². The molecule has 1 aliphatic heterocycles. The molecule has 27 nitrogen and oxygen atoms in total. The summed E-state index contributed by atoms with van der Waals surface area (Å²) in [7, 11) is -4.72. The van der Waals surface area contributed by atoms with Gasteiger partial charge in [0.1, 0.15) is 48.0 Å². The number of fused-ring (bicyclic) bond motifs is 1. The van der Waals surface area contributed by atoms with Gasteiger partial charge in [-0.3, -0.25) is 47.6 Å². The molecule has 4 atom stereocenters. The van der Waals surface area contributed by atoms with Gasteiger partial charge in [-0.1, -0.05) is 83.1 Å². The van der Waals surface area contributed by atoms with Crippen molar-refractivity contribution < 1.29 is 86.7 Å². The van der Waals surface area contributed by atoms with Crippen molar-refractivity contribution in [2.75, 3.05) is 77.8 Å². The first-order chi connectivity index (χ1) is 42.0. The molecule has 29 heteroatoms. The fraction of sp³-hybridized carbons (Fsp3) is 0.644. The van der Waals surface area contributed by atoms with E-state index in [9.17, 15) is 62.6 Å². The van der Waals surface area contributed by atoms with Crippen LogP contribution in [0, 0.1) is 12.8 Å². The van der Waals surface area contributed by atoms with Crippen molar-refractivity contribution in [1.82, 2.24) is 40.9 Å². The van der Waals surface area contributed by atoms with Crippen LogP contribution < -0.4 is 31.9 Å². The van der Waals surface area contributed by atoms with E-state index in [0.29, 0.717) is 16.6 Å². The number of hydrogen-bond donors (Lipinski definition) is 9. The molecule has 4 rings (SSSR count). The lowest BCUT2D eigenvalue weighted by Gasteiger charge is -2.29. The highest BCUT2D eigenvalue weighted by Gasteiger charge is 2.45. The smallest absolute Gasteiger partial charge is 0.356 e. The van der Waals surface area contributed by atoms with Crippen LogP contribution in [0.15, 0.2) is 34.9 Å². The number of hydrogen-bond acceptors (Lipinski definition) is 16. The highest BCUT2D eigenvalue weighted by Crippen LogP contribution is 2.35. The average molecular weight is 1320 g/mol. The van der Waals surface area contributed by atoms with E-state index in [0.717, 1.165) is 51.4 Å². The van der Waals surface area contributed by atoms with Gasteiger partial charge in [-0.15, -0.1) is 0 Å². The number of likely N-dealkylation sites (tertiary alicyclic amines) is 1. The first-order valence-corrected chi connectivity index (χ1v) is 32.6. The second kappa shape index (κ2) is 40.4. The van der Waals surface area contributed by atoms with Crippen molar-refractivity contribution in [3.63, 3.8) is 0 Å². The summed E-state index contributed by atoms with van der Waals surface area (Å²) in [6.45, 7) is 4.88. The molecule has 6 amide bonds. The number of nitrogens with one attached hydrogen (secondary N) is 5. The lowest BCUT2D eigenvalue weighted by molar-refractivity contribution is -0.142. The van der Waals surface area contributed by atoms with Gasteiger partial charge in [0, 0.05) is 57.2 Å². The quantitative estimate of drug-likeness (QED) is 0.0158. The zero-order chi connectivity index (χ0) is 64.4. The lowest BCUT2D eigenvalue weighted by Crippen LogP contribution is -2.48. The van der Waals surface area contributed by atoms with Gasteiger partial charge in [-0.2, -0.15) is 5.10 Å². The Balaban J connectivity index is 1.01. The van der Waals surface area contributed by atoms with Crippen molar-refractivity contribution >= 4 is 98.7 Å². The number of unbranched alkanes of at least 4 members (excludes halogenated alkanes) is 13. The highest BCUT2D eigenvalue weighted by atomic mass is 79.9. The van der Waals surface area contributed by atoms with Crippen LogP contribution in [0.4, 0.5) is 5.82 Å². The number of amides is 6. The van der Waals surface area contributed by atoms with Crippen LogP contribution in [0.1, 0.15) is 152 Å². The molecule has 1 aromatic carbocycles. The van der Waals surface area contributed by atoms with Crippen molar-refractivity contribution in [2.24, 2.45) is 5.92 Å². The Morgan fingerprint density at radius 3 is 1.80 bits per heavy atom. The third-order valence-electron chi connectivity index (χ3n) is 14.8. The number of aromatic nitrogens is 3. The standard InChI is InChI=1S/C59H89BrN9O18P/c1-40-20-24-49(60)65-57(40)66-58(78)48-34-43(41(2)69(48)54(75)37-68-47-35-44(88(81,82)83)21-22-45(47)56(67-68)42(3)70)36-63-53(74)39-87-33-31-85-29-27-62-52(73)38-86-32-30-84-28-26-61-50(71)25-23-46(59(79)80)64-51(72)18-16-14-12-10-8-6-4-5-7-9-11-13-15-17-19-55(76)77/h20-22,24,35,41,43,46,48H,4-19,23,25-34,36-39H2,1-3H3,(H,61,71)(H,62,73)(H,63,74)(H,64,72)(H,76,77)(H,79,80)(H,65,66,78)(H2,81,82,83)/t41-,43-,46+,48+/m1/s1. The van der Waals surface area contributed by atoms with Gasteiger partial charge in [0.05, 0.1) is 50.5 Å². The number of anilines is 1. The first-order valence-electron chi connectivity index (χ1n) is 30.2. The molecule has 0 aliphatic carbocycles. The van der Waals surface area contributed by atoms with E-state index >= 15 is 0 Å². The van der Waals surface area contributed by atoms with Gasteiger partial charge in [-0.05, 0) is 91.2 Å². The Morgan fingerprint density at radius 1 is 0.693 bits per heavy atom. The predicted molar refractivity (Wildman–Crippen MR) is 328 cm³/mol. The maximum Gasteiger partial charge on any atom is 0.356 e. The molecule has 3 aromatic rings. The third-order valence-corrected chi connectivity index (χ3v) is 16.2. The van der Waals surface area contributed by atoms with E-state index in [1.165, 1.54) is 66.8 Å². The normalized spacial score (nSPS) is 15.2. The van der Waals surface area contributed by atoms with Gasteiger partial charge in [0.25, 0.3) is 0 Å². The molecule has 490 valence electrons. The van der Waals surface area contributed by atoms with Crippen LogP contribution in [0.3, 0.4) is 0 Å². The SMILES string of the molecule is CC(=O)c1nn(CC(=O)N2[C@H](C)[C@@H](CNC(=O)COCCOCCNC(=O)COCCOCCNC(=O)CC[C@H](NC(=O)CCCCCCCCCCCCCCCCC(=O)O)C(=O)O)C[C@H]2C(=O)Nc2nc(Br)ccc2C)c2cc(P(=O)(O)O)ccc12. The van der Waals surface area contributed by atoms with Crippen LogP contribution in [0.25, 0.3) is 10.9 Å². The fourth-order valence-electron chi connectivity index (χ4n) is 9.97. The van der Waals surface area contributed by atoms with Crippen LogP contribution in [0.5, 0.6) is 0 Å². The molecule has 0 spiro atoms. The maximum atomic E-state index is 14.3. The van der Waals surface area contributed by atoms with Gasteiger partial charge in [-0.25, -0.2) is 9.78 Å². The summed E-state index contributed by atoms with van der Waals surface area (Å²) in [6.07, 6.45) is 15.3. The van der Waals surface area contributed by atoms with Crippen LogP contribution in [-0.2, 0) is 68.4 Å². The number of aliphatic carboxylic acids is 2. The first kappa shape index (κ1) is 74.2. The lowest BCUT2D eigenvalue weighted by atomic mass is 10.00. The minimum absolute atomic E-state index is 0.00375. The number of pyridine rings is 1. The Hall–Kier alpha value is -6.26. The Labute approximate surface area is 521 Å². The molecular weight excluding hydrogens is 1230 g/mol. The summed E-state index contributed by atoms with van der Waals surface area (Å²) in [5.74, 6) is -5.22. The van der Waals surface area contributed by atoms with Crippen molar-refractivity contribution in [3.05, 3.63) is 46.2 Å². The molecule has 1 saturated heterocycles. The van der Waals surface area contributed by atoms with E-state index in [2.05, 4.69) is 52.6 Å². The average Bonchev–Trinajstić information content (AvgIpc) is 1.68. The zero-order valence-corrected chi connectivity index (χ0v) is 53.2. The number of carboxylic acid groups (broad SMARTS) is 2. The van der Waals surface area contributed by atoms with Gasteiger partial charge in [0.2, 0.25) is 35.4 Å². The minimum Gasteiger partial charge on any atom is -0.481 e. The Kier molecular flexibility index (Phi) is 34.1. The molecule has 0 unspecified atom stereocenters. The van der Waals surface area contributed by atoms with E-state index < -0.39 is 73.6 Å². The molecule has 9 N–H and O–H groups in total. The molecule has 0 radical (unpaired) electrons. The van der Waals surface area contributed by atoms with E-state index in [-0.39, 0.29) is 150 Å². The molecule has 3 heterocycles. The maximum absolute atomic E-state index is 14.3. The minimum atomic E-state index is -4.72. The number of Topliss-reactive ketones (excluding diaryl/α,β-unsaturated/α-hetero) is 1. The monoisotopic (exact) mass is 1320 g/mol. The summed E-state index contributed by atoms with van der Waals surface area (Å²) in [6, 6.07) is 4.37. The number of carbonyl (C=O) groups excluding carboxylic acids is 7. The molecule has 88 heavy (non-hydrogen) atoms. The number of benzene rings is 1. The number of nitrogens with zero attached hydrogens (tertiary/aromatic N) is 4. The molecule has 2 aromatic heterocycles. The second-order valence-corrected chi connectivity index (χ2v) is 24.2. The Bertz CT molecular complexity index is 2820. The molecule has 1 aliphatic rings. The molecule has 0 bridgehead atoms. The number of ether oxygens (including phenoxy) is 4. The van der Waals surface area contributed by atoms with E-state index in [1.807, 2.05) is 0 Å². The van der Waals surface area contributed by atoms with Gasteiger partial charge >= 0.3 is 19.5 Å². The van der Waals surface area contributed by atoms with E-state index in [4.69, 9.17) is 24.1 Å². The molecule has 1 fully saturated rings. The summed E-state index contributed by atoms with van der Waals surface area (Å²) in [5.41, 5.74) is 0.798. The Morgan fingerprint density at radius 2 is 1.24 bits per heavy atom. The van der Waals surface area contributed by atoms with Crippen molar-refractivity contribution in [2.45, 2.75) is 167 Å². The highest BCUT2D eigenvalue weighted by molar-refractivity contribution is 9.10. The summed E-state index contributed by atoms with van der Waals surface area (Å²) < 4.78 is 35.5. The fourth-order valence-corrected chi connectivity index (χ4v) is 10.8. The molecular formula is C59H89BrN9O18P. The summed E-state index contributed by atoms with van der Waals surface area (Å²) in [4.78, 5) is 138. The number of ketones is 1. The second-order valence-electron chi connectivity index (χ2n) is 21.8.